The molecule has 0 saturated carbocycles. The topological polar surface area (TPSA) is 52.3 Å². The van der Waals surface area contributed by atoms with Crippen molar-refractivity contribution >= 4 is 5.97 Å². The summed E-state index contributed by atoms with van der Waals surface area (Å²) in [6, 6.07) is -0.121. The van der Waals surface area contributed by atoms with Gasteiger partial charge in [-0.1, -0.05) is 13.8 Å². The van der Waals surface area contributed by atoms with Crippen LogP contribution in [0.2, 0.25) is 0 Å². The molecule has 0 aromatic rings. The Morgan fingerprint density at radius 3 is 2.27 bits per heavy atom. The number of nitrogens with zero attached hydrogens (tertiary/aromatic N) is 1. The molecular weight excluding hydrogens is 192 g/mol. The van der Waals surface area contributed by atoms with Crippen LogP contribution in [0.3, 0.4) is 0 Å². The van der Waals surface area contributed by atoms with Crippen LogP contribution in [0, 0.1) is 5.92 Å². The third kappa shape index (κ3) is 9.69. The molecule has 1 atom stereocenters. The van der Waals surface area contributed by atoms with Crippen molar-refractivity contribution in [2.24, 2.45) is 11.7 Å². The van der Waals surface area contributed by atoms with E-state index in [1.807, 2.05) is 13.8 Å². The highest BCUT2D eigenvalue weighted by Gasteiger charge is 2.18. The molecule has 0 radical (unpaired) electrons. The standard InChI is InChI=1S/C11H25N2O2/c1-9(2)8-15-11(14)6-10(12)7-13(3,4)5/h9-10H,6-8,12H2,1-5H3/q+1. The van der Waals surface area contributed by atoms with Gasteiger partial charge in [0.1, 0.15) is 0 Å². The van der Waals surface area contributed by atoms with Crippen LogP contribution >= 0.6 is 0 Å². The molecule has 0 fully saturated rings. The number of hydrogen-bond donors (Lipinski definition) is 1. The molecule has 0 aliphatic heterocycles. The fourth-order valence-corrected chi connectivity index (χ4v) is 1.30. The van der Waals surface area contributed by atoms with E-state index in [1.165, 1.54) is 0 Å². The van der Waals surface area contributed by atoms with Crippen LogP contribution in [0.15, 0.2) is 0 Å². The molecule has 0 rings (SSSR count). The Kier molecular flexibility index (Phi) is 5.83. The van der Waals surface area contributed by atoms with Crippen LogP contribution in [0.5, 0.6) is 0 Å². The minimum Gasteiger partial charge on any atom is -0.465 e. The van der Waals surface area contributed by atoms with Crippen molar-refractivity contribution in [2.45, 2.75) is 26.3 Å². The smallest absolute Gasteiger partial charge is 0.307 e. The SMILES string of the molecule is CC(C)COC(=O)CC(N)C[N+](C)(C)C. The number of rotatable bonds is 6. The molecule has 1 unspecified atom stereocenters. The lowest BCUT2D eigenvalue weighted by Crippen LogP contribution is -2.45. The first-order valence-corrected chi connectivity index (χ1v) is 5.42. The fourth-order valence-electron chi connectivity index (χ4n) is 1.30. The minimum atomic E-state index is -0.190. The van der Waals surface area contributed by atoms with E-state index in [1.54, 1.807) is 0 Å². The van der Waals surface area contributed by atoms with Crippen LogP contribution in [-0.2, 0) is 9.53 Å². The highest BCUT2D eigenvalue weighted by atomic mass is 16.5. The van der Waals surface area contributed by atoms with Crippen molar-refractivity contribution in [3.63, 3.8) is 0 Å². The van der Waals surface area contributed by atoms with Gasteiger partial charge < -0.3 is 15.0 Å². The molecule has 0 bridgehead atoms. The summed E-state index contributed by atoms with van der Waals surface area (Å²) in [5.74, 6) is 0.188. The van der Waals surface area contributed by atoms with E-state index in [0.29, 0.717) is 18.9 Å². The van der Waals surface area contributed by atoms with Gasteiger partial charge in [-0.15, -0.1) is 0 Å². The molecule has 0 spiro atoms. The van der Waals surface area contributed by atoms with Gasteiger partial charge >= 0.3 is 5.97 Å². The van der Waals surface area contributed by atoms with Gasteiger partial charge in [0.05, 0.1) is 46.8 Å². The van der Waals surface area contributed by atoms with E-state index in [0.717, 1.165) is 11.0 Å². The Labute approximate surface area is 93.0 Å². The van der Waals surface area contributed by atoms with Gasteiger partial charge in [0.25, 0.3) is 0 Å². The highest BCUT2D eigenvalue weighted by molar-refractivity contribution is 5.70. The largest absolute Gasteiger partial charge is 0.465 e. The van der Waals surface area contributed by atoms with Crippen molar-refractivity contribution in [3.05, 3.63) is 0 Å². The van der Waals surface area contributed by atoms with E-state index < -0.39 is 0 Å². The lowest BCUT2D eigenvalue weighted by molar-refractivity contribution is -0.871. The molecule has 0 saturated heterocycles. The number of carbonyl (C=O) groups excluding carboxylic acids is 1. The van der Waals surface area contributed by atoms with Gasteiger partial charge in [0.15, 0.2) is 0 Å². The Morgan fingerprint density at radius 2 is 1.87 bits per heavy atom. The molecule has 0 amide bonds. The van der Waals surface area contributed by atoms with E-state index in [9.17, 15) is 4.79 Å². The number of hydrogen-bond acceptors (Lipinski definition) is 3. The normalized spacial score (nSPS) is 14.1. The summed E-state index contributed by atoms with van der Waals surface area (Å²) >= 11 is 0. The first kappa shape index (κ1) is 14.4. The van der Waals surface area contributed by atoms with Crippen LogP contribution in [0.1, 0.15) is 20.3 Å². The third-order valence-electron chi connectivity index (χ3n) is 1.79. The second-order valence-electron chi connectivity index (χ2n) is 5.51. The second kappa shape index (κ2) is 6.08. The van der Waals surface area contributed by atoms with Gasteiger partial charge in [-0.3, -0.25) is 4.79 Å². The lowest BCUT2D eigenvalue weighted by atomic mass is 10.2. The molecule has 4 heteroatoms. The zero-order valence-electron chi connectivity index (χ0n) is 10.6. The number of nitrogens with two attached hydrogens (primary N) is 1. The second-order valence-corrected chi connectivity index (χ2v) is 5.51. The predicted molar refractivity (Wildman–Crippen MR) is 61.3 cm³/mol. The molecule has 0 aromatic heterocycles. The van der Waals surface area contributed by atoms with Gasteiger partial charge in [0, 0.05) is 0 Å². The summed E-state index contributed by atoms with van der Waals surface area (Å²) in [6.45, 7) is 5.28. The number of quaternary nitrogens is 1. The fraction of sp³-hybridized carbons (Fsp3) is 0.909. The van der Waals surface area contributed by atoms with Crippen molar-refractivity contribution in [1.82, 2.24) is 0 Å². The van der Waals surface area contributed by atoms with E-state index in [2.05, 4.69) is 21.1 Å². The van der Waals surface area contributed by atoms with E-state index in [4.69, 9.17) is 10.5 Å². The van der Waals surface area contributed by atoms with Gasteiger partial charge in [-0.05, 0) is 5.92 Å². The summed E-state index contributed by atoms with van der Waals surface area (Å²) in [5.41, 5.74) is 5.85. The summed E-state index contributed by atoms with van der Waals surface area (Å²) in [7, 11) is 6.16. The first-order valence-electron chi connectivity index (χ1n) is 5.42. The Balaban J connectivity index is 3.77. The van der Waals surface area contributed by atoms with Crippen LogP contribution < -0.4 is 5.73 Å². The van der Waals surface area contributed by atoms with Crippen molar-refractivity contribution in [2.75, 3.05) is 34.3 Å². The summed E-state index contributed by atoms with van der Waals surface area (Å²) < 4.78 is 5.83. The molecular formula is C11H25N2O2+. The third-order valence-corrected chi connectivity index (χ3v) is 1.79. The monoisotopic (exact) mass is 217 g/mol. The minimum absolute atomic E-state index is 0.121. The number of esters is 1. The van der Waals surface area contributed by atoms with Crippen molar-refractivity contribution in [1.29, 1.82) is 0 Å². The average Bonchev–Trinajstić information content (AvgIpc) is 1.96. The first-order chi connectivity index (χ1) is 6.70. The number of carbonyl (C=O) groups is 1. The summed E-state index contributed by atoms with van der Waals surface area (Å²) in [6.07, 6.45) is 0.308. The maximum atomic E-state index is 11.3. The Morgan fingerprint density at radius 1 is 1.33 bits per heavy atom. The Bertz CT molecular complexity index is 197. The zero-order valence-corrected chi connectivity index (χ0v) is 10.6. The number of ether oxygens (including phenoxy) is 1. The van der Waals surface area contributed by atoms with Crippen LogP contribution in [0.25, 0.3) is 0 Å². The molecule has 0 aliphatic rings. The molecule has 0 aromatic carbocycles. The maximum absolute atomic E-state index is 11.3. The summed E-state index contributed by atoms with van der Waals surface area (Å²) in [4.78, 5) is 11.3. The average molecular weight is 217 g/mol. The van der Waals surface area contributed by atoms with Crippen molar-refractivity contribution in [3.8, 4) is 0 Å². The molecule has 0 aliphatic carbocycles. The lowest BCUT2D eigenvalue weighted by Gasteiger charge is -2.26. The highest BCUT2D eigenvalue weighted by Crippen LogP contribution is 2.00. The summed E-state index contributed by atoms with van der Waals surface area (Å²) in [5, 5.41) is 0. The van der Waals surface area contributed by atoms with Gasteiger partial charge in [-0.25, -0.2) is 0 Å². The molecule has 15 heavy (non-hydrogen) atoms. The molecule has 4 nitrogen and oxygen atoms in total. The maximum Gasteiger partial charge on any atom is 0.307 e. The molecule has 90 valence electrons. The Hall–Kier alpha value is -0.610. The van der Waals surface area contributed by atoms with Crippen LogP contribution in [0.4, 0.5) is 0 Å². The quantitative estimate of drug-likeness (QED) is 0.524. The van der Waals surface area contributed by atoms with Gasteiger partial charge in [-0.2, -0.15) is 0 Å². The molecule has 2 N–H and O–H groups in total. The number of likely N-dealkylation sites (N-methyl/N-ethyl adjacent to an activating group) is 1. The van der Waals surface area contributed by atoms with Crippen LogP contribution in [-0.4, -0.2) is 50.8 Å². The predicted octanol–water partition coefficient (Wildman–Crippen LogP) is 0.609. The van der Waals surface area contributed by atoms with Gasteiger partial charge in [0.2, 0.25) is 0 Å². The van der Waals surface area contributed by atoms with E-state index >= 15 is 0 Å². The van der Waals surface area contributed by atoms with E-state index in [-0.39, 0.29) is 12.0 Å². The molecule has 0 heterocycles. The zero-order chi connectivity index (χ0) is 12.1. The van der Waals surface area contributed by atoms with Crippen molar-refractivity contribution < 1.29 is 14.0 Å².